The van der Waals surface area contributed by atoms with Crippen LogP contribution in [0.15, 0.2) is 0 Å². The van der Waals surface area contributed by atoms with E-state index in [1.54, 1.807) is 6.92 Å². The summed E-state index contributed by atoms with van der Waals surface area (Å²) in [5.41, 5.74) is 2.52. The lowest BCUT2D eigenvalue weighted by Crippen LogP contribution is -2.34. The Bertz CT molecular complexity index is 355. The van der Waals surface area contributed by atoms with E-state index >= 15 is 0 Å². The molecule has 0 saturated carbocycles. The van der Waals surface area contributed by atoms with Gasteiger partial charge in [-0.05, 0) is 31.2 Å². The Kier molecular flexibility index (Phi) is 3.16. The maximum atomic E-state index is 11.2. The highest BCUT2D eigenvalue weighted by molar-refractivity contribution is 5.85. The Morgan fingerprint density at radius 2 is 2.00 bits per heavy atom. The van der Waals surface area contributed by atoms with Crippen LogP contribution in [0.3, 0.4) is 0 Å². The molecular weight excluding hydrogens is 204 g/mol. The molecule has 0 bridgehead atoms. The molecule has 1 aromatic rings. The van der Waals surface area contributed by atoms with Crippen molar-refractivity contribution in [3.8, 4) is 6.01 Å². The maximum Gasteiger partial charge on any atom is 0.499 e. The molecule has 0 fully saturated rings. The molecule has 1 N–H and O–H groups in total. The van der Waals surface area contributed by atoms with Crippen LogP contribution in [0.25, 0.3) is 0 Å². The Morgan fingerprint density at radius 3 is 2.71 bits per heavy atom. The second kappa shape index (κ2) is 4.00. The minimum atomic E-state index is -0.418. The molecule has 0 radical (unpaired) electrons. The first-order valence-corrected chi connectivity index (χ1v) is 4.51. The first-order chi connectivity index (χ1) is 6.20. The standard InChI is InChI=1S/C9H12N2O2.ClH/c1-6-7-4-2-3-5-8(7)10-9(12)11(6)13;/h2-5H2,1H3,(H,10,12);1H. The van der Waals surface area contributed by atoms with Gasteiger partial charge in [0.15, 0.2) is 5.69 Å². The van der Waals surface area contributed by atoms with Gasteiger partial charge in [-0.1, -0.05) is 0 Å². The molecule has 2 rings (SSSR count). The molecule has 1 aliphatic carbocycles. The van der Waals surface area contributed by atoms with E-state index in [1.165, 1.54) is 0 Å². The maximum absolute atomic E-state index is 11.2. The number of rotatable bonds is 0. The lowest BCUT2D eigenvalue weighted by Gasteiger charge is -2.15. The van der Waals surface area contributed by atoms with Gasteiger partial charge < -0.3 is 10.3 Å². The van der Waals surface area contributed by atoms with E-state index in [0.717, 1.165) is 36.9 Å². The van der Waals surface area contributed by atoms with Crippen molar-refractivity contribution in [1.82, 2.24) is 4.98 Å². The quantitative estimate of drug-likeness (QED) is 0.521. The first-order valence-electron chi connectivity index (χ1n) is 4.51. The fourth-order valence-corrected chi connectivity index (χ4v) is 1.84. The van der Waals surface area contributed by atoms with Crippen LogP contribution in [0.2, 0.25) is 0 Å². The van der Waals surface area contributed by atoms with Crippen molar-refractivity contribution in [2.24, 2.45) is 0 Å². The summed E-state index contributed by atoms with van der Waals surface area (Å²) in [6.07, 6.45) is 4.00. The summed E-state index contributed by atoms with van der Waals surface area (Å²) in [5.74, 6) is 0. The molecule has 0 aliphatic heterocycles. The molecule has 0 spiro atoms. The number of halogens is 1. The zero-order valence-electron chi connectivity index (χ0n) is 7.99. The van der Waals surface area contributed by atoms with Crippen LogP contribution >= 0.6 is 12.4 Å². The minimum Gasteiger partial charge on any atom is -0.708 e. The van der Waals surface area contributed by atoms with E-state index in [1.807, 2.05) is 0 Å². The van der Waals surface area contributed by atoms with E-state index in [0.29, 0.717) is 10.4 Å². The molecular formula is C9H13ClN2O2. The molecule has 0 aromatic carbocycles. The summed E-state index contributed by atoms with van der Waals surface area (Å²) >= 11 is 0. The van der Waals surface area contributed by atoms with Crippen LogP contribution < -0.4 is 4.73 Å². The fraction of sp³-hybridized carbons (Fsp3) is 0.556. The van der Waals surface area contributed by atoms with Crippen LogP contribution in [0, 0.1) is 12.1 Å². The van der Waals surface area contributed by atoms with Gasteiger partial charge in [0, 0.05) is 12.0 Å². The third-order valence-electron chi connectivity index (χ3n) is 2.60. The van der Waals surface area contributed by atoms with E-state index in [2.05, 4.69) is 4.98 Å². The van der Waals surface area contributed by atoms with E-state index in [4.69, 9.17) is 0 Å². The van der Waals surface area contributed by atoms with Gasteiger partial charge in [-0.15, -0.1) is 12.4 Å². The second-order valence-corrected chi connectivity index (χ2v) is 3.42. The SMILES string of the molecule is Cc1c2c(nc(O)[n+]1[O-])CCCC2.Cl. The number of aromatic nitrogens is 2. The van der Waals surface area contributed by atoms with Crippen molar-refractivity contribution in [1.29, 1.82) is 0 Å². The topological polar surface area (TPSA) is 60.1 Å². The summed E-state index contributed by atoms with van der Waals surface area (Å²) in [6, 6.07) is -0.418. The lowest BCUT2D eigenvalue weighted by molar-refractivity contribution is -0.624. The molecule has 0 amide bonds. The van der Waals surface area contributed by atoms with E-state index < -0.39 is 6.01 Å². The smallest absolute Gasteiger partial charge is 0.499 e. The van der Waals surface area contributed by atoms with Gasteiger partial charge in [0.1, 0.15) is 5.69 Å². The highest BCUT2D eigenvalue weighted by Crippen LogP contribution is 2.21. The summed E-state index contributed by atoms with van der Waals surface area (Å²) in [7, 11) is 0. The van der Waals surface area contributed by atoms with Gasteiger partial charge in [-0.3, -0.25) is 0 Å². The van der Waals surface area contributed by atoms with Gasteiger partial charge in [0.25, 0.3) is 0 Å². The Morgan fingerprint density at radius 1 is 1.36 bits per heavy atom. The number of aromatic hydroxyl groups is 1. The molecule has 78 valence electrons. The number of aryl methyl sites for hydroxylation is 1. The second-order valence-electron chi connectivity index (χ2n) is 3.42. The summed E-state index contributed by atoms with van der Waals surface area (Å²) in [5, 5.41) is 20.4. The first kappa shape index (κ1) is 11.0. The van der Waals surface area contributed by atoms with E-state index in [9.17, 15) is 10.3 Å². The van der Waals surface area contributed by atoms with Crippen LogP contribution in [-0.4, -0.2) is 10.1 Å². The number of hydrogen-bond acceptors (Lipinski definition) is 3. The van der Waals surface area contributed by atoms with Crippen LogP contribution in [0.5, 0.6) is 6.01 Å². The average molecular weight is 217 g/mol. The Labute approximate surface area is 88.6 Å². The van der Waals surface area contributed by atoms with Crippen LogP contribution in [-0.2, 0) is 12.8 Å². The van der Waals surface area contributed by atoms with Gasteiger partial charge in [0.2, 0.25) is 0 Å². The summed E-state index contributed by atoms with van der Waals surface area (Å²) in [4.78, 5) is 3.88. The van der Waals surface area contributed by atoms with E-state index in [-0.39, 0.29) is 12.4 Å². The van der Waals surface area contributed by atoms with Crippen molar-refractivity contribution in [3.05, 3.63) is 22.2 Å². The third kappa shape index (κ3) is 1.62. The van der Waals surface area contributed by atoms with Crippen LogP contribution in [0.4, 0.5) is 0 Å². The monoisotopic (exact) mass is 216 g/mol. The van der Waals surface area contributed by atoms with Gasteiger partial charge in [-0.25, -0.2) is 0 Å². The zero-order valence-corrected chi connectivity index (χ0v) is 8.80. The fourth-order valence-electron chi connectivity index (χ4n) is 1.84. The molecule has 1 heterocycles. The predicted molar refractivity (Wildman–Crippen MR) is 53.5 cm³/mol. The highest BCUT2D eigenvalue weighted by Gasteiger charge is 2.22. The Hall–Kier alpha value is -1.03. The van der Waals surface area contributed by atoms with Gasteiger partial charge >= 0.3 is 6.01 Å². The molecule has 1 aliphatic rings. The molecule has 0 atom stereocenters. The summed E-state index contributed by atoms with van der Waals surface area (Å²) in [6.45, 7) is 1.73. The molecule has 5 heteroatoms. The molecule has 4 nitrogen and oxygen atoms in total. The van der Waals surface area contributed by atoms with Crippen molar-refractivity contribution in [2.75, 3.05) is 0 Å². The lowest BCUT2D eigenvalue weighted by atomic mass is 9.95. The predicted octanol–water partition coefficient (Wildman–Crippen LogP) is 1.03. The third-order valence-corrected chi connectivity index (χ3v) is 2.60. The largest absolute Gasteiger partial charge is 0.708 e. The van der Waals surface area contributed by atoms with Crippen molar-refractivity contribution >= 4 is 12.4 Å². The van der Waals surface area contributed by atoms with Gasteiger partial charge in [0.05, 0.1) is 0 Å². The Balaban J connectivity index is 0.000000980. The number of fused-ring (bicyclic) bond motifs is 1. The minimum absolute atomic E-state index is 0. The molecule has 0 unspecified atom stereocenters. The van der Waals surface area contributed by atoms with Crippen LogP contribution in [0.1, 0.15) is 29.8 Å². The average Bonchev–Trinajstić information content (AvgIpc) is 2.15. The van der Waals surface area contributed by atoms with Crippen molar-refractivity contribution < 1.29 is 9.84 Å². The summed E-state index contributed by atoms with van der Waals surface area (Å²) < 4.78 is 0.504. The molecule has 0 saturated heterocycles. The number of hydrogen-bond donors (Lipinski definition) is 1. The normalized spacial score (nSPS) is 14.4. The van der Waals surface area contributed by atoms with Crippen molar-refractivity contribution in [3.63, 3.8) is 0 Å². The zero-order chi connectivity index (χ0) is 9.42. The van der Waals surface area contributed by atoms with Gasteiger partial charge in [-0.2, -0.15) is 4.73 Å². The highest BCUT2D eigenvalue weighted by atomic mass is 35.5. The molecule has 14 heavy (non-hydrogen) atoms. The number of nitrogens with zero attached hydrogens (tertiary/aromatic N) is 2. The molecule has 1 aromatic heterocycles. The van der Waals surface area contributed by atoms with Crippen molar-refractivity contribution in [2.45, 2.75) is 32.6 Å².